The Morgan fingerprint density at radius 2 is 2.08 bits per heavy atom. The van der Waals surface area contributed by atoms with Gasteiger partial charge in [-0.15, -0.1) is 10.2 Å². The van der Waals surface area contributed by atoms with E-state index in [0.717, 1.165) is 23.1 Å². The van der Waals surface area contributed by atoms with Gasteiger partial charge in [0.15, 0.2) is 0 Å². The number of carbonyl (C=O) groups is 1. The lowest BCUT2D eigenvalue weighted by Crippen LogP contribution is -2.49. The van der Waals surface area contributed by atoms with Gasteiger partial charge >= 0.3 is 0 Å². The average molecular weight is 360 g/mol. The normalized spacial score (nSPS) is 13.1. The van der Waals surface area contributed by atoms with Crippen LogP contribution >= 0.6 is 11.8 Å². The molecule has 1 N–H and O–H groups in total. The molecule has 0 unspecified atom stereocenters. The molecule has 132 valence electrons. The number of hydrogen-bond acceptors (Lipinski definition) is 7. The Hall–Kier alpha value is -2.53. The van der Waals surface area contributed by atoms with E-state index in [4.69, 9.17) is 9.15 Å². The summed E-state index contributed by atoms with van der Waals surface area (Å²) in [5, 5.41) is 20.2. The first-order valence-corrected chi connectivity index (χ1v) is 8.69. The van der Waals surface area contributed by atoms with Crippen LogP contribution in [0.2, 0.25) is 0 Å². The van der Waals surface area contributed by atoms with Crippen LogP contribution in [0.25, 0.3) is 11.5 Å². The minimum Gasteiger partial charge on any atom is -0.497 e. The lowest BCUT2D eigenvalue weighted by atomic mass is 9.90. The molecular weight excluding hydrogens is 340 g/mol. The number of methoxy groups -OCH3 is 1. The summed E-state index contributed by atoms with van der Waals surface area (Å²) in [4.78, 5) is 12.1. The summed E-state index contributed by atoms with van der Waals surface area (Å²) in [7, 11) is 1.60. The van der Waals surface area contributed by atoms with Crippen molar-refractivity contribution in [1.82, 2.24) is 15.5 Å². The summed E-state index contributed by atoms with van der Waals surface area (Å²) in [5.41, 5.74) is -0.137. The summed E-state index contributed by atoms with van der Waals surface area (Å²) in [6.07, 6.45) is 0. The van der Waals surface area contributed by atoms with Crippen molar-refractivity contribution in [3.8, 4) is 23.3 Å². The first-order chi connectivity index (χ1) is 11.9. The molecule has 0 saturated heterocycles. The molecule has 25 heavy (non-hydrogen) atoms. The predicted molar refractivity (Wildman–Crippen MR) is 94.0 cm³/mol. The Kier molecular flexibility index (Phi) is 6.04. The van der Waals surface area contributed by atoms with Crippen molar-refractivity contribution in [1.29, 1.82) is 5.26 Å². The zero-order valence-corrected chi connectivity index (χ0v) is 15.4. The number of nitrogens with one attached hydrogen (secondary N) is 1. The maximum absolute atomic E-state index is 12.1. The number of carbonyl (C=O) groups excluding carboxylic acids is 1. The van der Waals surface area contributed by atoms with Crippen LogP contribution in [0.4, 0.5) is 0 Å². The van der Waals surface area contributed by atoms with Crippen LogP contribution < -0.4 is 10.1 Å². The van der Waals surface area contributed by atoms with Gasteiger partial charge in [0.1, 0.15) is 11.3 Å². The minimum atomic E-state index is -0.902. The fraction of sp³-hybridized carbons (Fsp3) is 0.412. The van der Waals surface area contributed by atoms with Gasteiger partial charge < -0.3 is 14.5 Å². The van der Waals surface area contributed by atoms with E-state index >= 15 is 0 Å². The van der Waals surface area contributed by atoms with Crippen LogP contribution in [0.1, 0.15) is 20.8 Å². The molecule has 1 aromatic heterocycles. The molecular formula is C17H20N4O3S. The molecule has 0 aliphatic rings. The molecule has 1 atom stereocenters. The Bertz CT molecular complexity index is 767. The van der Waals surface area contributed by atoms with Crippen molar-refractivity contribution in [2.45, 2.75) is 31.5 Å². The van der Waals surface area contributed by atoms with Crippen molar-refractivity contribution in [3.05, 3.63) is 24.3 Å². The van der Waals surface area contributed by atoms with Crippen LogP contribution in [0.3, 0.4) is 0 Å². The molecule has 2 aromatic rings. The predicted octanol–water partition coefficient (Wildman–Crippen LogP) is 2.89. The number of amides is 1. The SMILES string of the molecule is COc1ccc(-c2nnc(SCC(=O)N[C@](C)(C#N)C(C)C)o2)cc1. The van der Waals surface area contributed by atoms with E-state index in [0.29, 0.717) is 11.1 Å². The second-order valence-corrected chi connectivity index (χ2v) is 6.83. The van der Waals surface area contributed by atoms with Crippen molar-refractivity contribution >= 4 is 17.7 Å². The van der Waals surface area contributed by atoms with Crippen LogP contribution in [-0.4, -0.2) is 34.5 Å². The molecule has 8 heteroatoms. The number of hydrogen-bond donors (Lipinski definition) is 1. The molecule has 0 bridgehead atoms. The largest absolute Gasteiger partial charge is 0.497 e. The third kappa shape index (κ3) is 4.73. The van der Waals surface area contributed by atoms with Crippen LogP contribution in [0.15, 0.2) is 33.9 Å². The second-order valence-electron chi connectivity index (χ2n) is 5.91. The highest BCUT2D eigenvalue weighted by atomic mass is 32.2. The third-order valence-corrected chi connectivity index (χ3v) is 4.67. The van der Waals surface area contributed by atoms with E-state index in [1.807, 2.05) is 26.0 Å². The number of nitriles is 1. The van der Waals surface area contributed by atoms with Gasteiger partial charge in [-0.05, 0) is 37.1 Å². The maximum Gasteiger partial charge on any atom is 0.277 e. The van der Waals surface area contributed by atoms with Crippen molar-refractivity contribution in [3.63, 3.8) is 0 Å². The topological polar surface area (TPSA) is 101 Å². The molecule has 2 rings (SSSR count). The lowest BCUT2D eigenvalue weighted by Gasteiger charge is -2.27. The van der Waals surface area contributed by atoms with E-state index in [-0.39, 0.29) is 17.6 Å². The van der Waals surface area contributed by atoms with Crippen molar-refractivity contribution in [2.75, 3.05) is 12.9 Å². The highest BCUT2D eigenvalue weighted by Crippen LogP contribution is 2.25. The number of rotatable bonds is 7. The van der Waals surface area contributed by atoms with Gasteiger partial charge in [-0.2, -0.15) is 5.26 Å². The summed E-state index contributed by atoms with van der Waals surface area (Å²) in [6.45, 7) is 5.47. The van der Waals surface area contributed by atoms with Crippen LogP contribution in [-0.2, 0) is 4.79 Å². The molecule has 0 aliphatic carbocycles. The lowest BCUT2D eigenvalue weighted by molar-refractivity contribution is -0.120. The highest BCUT2D eigenvalue weighted by molar-refractivity contribution is 7.99. The molecule has 0 radical (unpaired) electrons. The average Bonchev–Trinajstić information content (AvgIpc) is 3.08. The van der Waals surface area contributed by atoms with Gasteiger partial charge in [0.05, 0.1) is 18.9 Å². The number of ether oxygens (including phenoxy) is 1. The minimum absolute atomic E-state index is 0.00321. The number of thioether (sulfide) groups is 1. The molecule has 0 fully saturated rings. The van der Waals surface area contributed by atoms with E-state index in [1.165, 1.54) is 0 Å². The summed E-state index contributed by atoms with van der Waals surface area (Å²) in [5.74, 6) is 0.937. The fourth-order valence-corrected chi connectivity index (χ4v) is 2.44. The van der Waals surface area contributed by atoms with Gasteiger partial charge in [-0.1, -0.05) is 25.6 Å². The molecule has 1 amide bonds. The van der Waals surface area contributed by atoms with Gasteiger partial charge in [0.25, 0.3) is 5.22 Å². The molecule has 1 heterocycles. The van der Waals surface area contributed by atoms with E-state index in [2.05, 4.69) is 21.6 Å². The van der Waals surface area contributed by atoms with Gasteiger partial charge in [-0.3, -0.25) is 4.79 Å². The zero-order valence-electron chi connectivity index (χ0n) is 14.6. The quantitative estimate of drug-likeness (QED) is 0.758. The van der Waals surface area contributed by atoms with Crippen molar-refractivity contribution < 1.29 is 13.9 Å². The summed E-state index contributed by atoms with van der Waals surface area (Å²) < 4.78 is 10.7. The maximum atomic E-state index is 12.1. The van der Waals surface area contributed by atoms with Gasteiger partial charge in [-0.25, -0.2) is 0 Å². The van der Waals surface area contributed by atoms with Crippen LogP contribution in [0.5, 0.6) is 5.75 Å². The highest BCUT2D eigenvalue weighted by Gasteiger charge is 2.30. The Balaban J connectivity index is 1.95. The van der Waals surface area contributed by atoms with E-state index < -0.39 is 5.54 Å². The van der Waals surface area contributed by atoms with Gasteiger partial charge in [0, 0.05) is 5.56 Å². The van der Waals surface area contributed by atoms with E-state index in [9.17, 15) is 10.1 Å². The molecule has 0 spiro atoms. The number of benzene rings is 1. The Morgan fingerprint density at radius 1 is 1.40 bits per heavy atom. The Labute approximate surface area is 150 Å². The fourth-order valence-electron chi connectivity index (χ4n) is 1.87. The number of nitrogens with zero attached hydrogens (tertiary/aromatic N) is 3. The third-order valence-electron chi connectivity index (χ3n) is 3.86. The summed E-state index contributed by atoms with van der Waals surface area (Å²) in [6, 6.07) is 9.37. The second kappa shape index (κ2) is 8.03. The van der Waals surface area contributed by atoms with Crippen LogP contribution in [0, 0.1) is 17.2 Å². The molecule has 1 aromatic carbocycles. The summed E-state index contributed by atoms with van der Waals surface area (Å²) >= 11 is 1.13. The molecule has 7 nitrogen and oxygen atoms in total. The monoisotopic (exact) mass is 360 g/mol. The molecule has 0 saturated carbocycles. The number of aromatic nitrogens is 2. The standard InChI is InChI=1S/C17H20N4O3S/c1-11(2)17(3,10-18)19-14(22)9-25-16-21-20-15(24-16)12-5-7-13(23-4)8-6-12/h5-8,11H,9H2,1-4H3,(H,19,22)/t17-/m1/s1. The first kappa shape index (κ1) is 18.8. The first-order valence-electron chi connectivity index (χ1n) is 7.71. The van der Waals surface area contributed by atoms with E-state index in [1.54, 1.807) is 26.2 Å². The smallest absolute Gasteiger partial charge is 0.277 e. The van der Waals surface area contributed by atoms with Gasteiger partial charge in [0.2, 0.25) is 11.8 Å². The Morgan fingerprint density at radius 3 is 2.64 bits per heavy atom. The zero-order chi connectivity index (χ0) is 18.4. The molecule has 0 aliphatic heterocycles. The van der Waals surface area contributed by atoms with Crippen molar-refractivity contribution in [2.24, 2.45) is 5.92 Å².